The lowest BCUT2D eigenvalue weighted by Crippen LogP contribution is -2.58. The summed E-state index contributed by atoms with van der Waals surface area (Å²) in [5.41, 5.74) is 4.06. The van der Waals surface area contributed by atoms with Crippen LogP contribution in [0.4, 0.5) is 8.78 Å². The zero-order valence-electron chi connectivity index (χ0n) is 14.6. The van der Waals surface area contributed by atoms with Gasteiger partial charge in [0.05, 0.1) is 11.3 Å². The zero-order chi connectivity index (χ0) is 18.3. The Morgan fingerprint density at radius 1 is 1.38 bits per heavy atom. The minimum Gasteiger partial charge on any atom is -0.294 e. The standard InChI is InChI=1S/C18H24F2N4O2/c19-17(20)24-4-1-3-18(11-24)7-14(8-18)23-5-2-12-6-13(16(25)22-26)9-21-15(12)10-23/h6,9,14,17,26H,1-5,7-8,10-11H2,(H,22,25). The molecule has 2 N–H and O–H groups in total. The topological polar surface area (TPSA) is 68.7 Å². The van der Waals surface area contributed by atoms with Gasteiger partial charge in [0.25, 0.3) is 12.5 Å². The van der Waals surface area contributed by atoms with E-state index in [9.17, 15) is 13.6 Å². The number of amides is 1. The van der Waals surface area contributed by atoms with Gasteiger partial charge >= 0.3 is 0 Å². The van der Waals surface area contributed by atoms with Crippen LogP contribution in [-0.4, -0.2) is 58.1 Å². The number of hydrogen-bond donors (Lipinski definition) is 2. The van der Waals surface area contributed by atoms with Crippen LogP contribution in [0, 0.1) is 5.41 Å². The first-order chi connectivity index (χ1) is 12.5. The van der Waals surface area contributed by atoms with Crippen molar-refractivity contribution in [3.8, 4) is 0 Å². The Bertz CT molecular complexity index is 694. The Hall–Kier alpha value is -1.64. The van der Waals surface area contributed by atoms with E-state index in [-0.39, 0.29) is 5.41 Å². The lowest BCUT2D eigenvalue weighted by Gasteiger charge is -2.56. The lowest BCUT2D eigenvalue weighted by atomic mass is 9.61. The van der Waals surface area contributed by atoms with E-state index in [0.717, 1.165) is 56.5 Å². The molecule has 1 spiro atoms. The van der Waals surface area contributed by atoms with Crippen molar-refractivity contribution in [2.45, 2.75) is 51.2 Å². The van der Waals surface area contributed by atoms with Crippen LogP contribution in [-0.2, 0) is 13.0 Å². The number of halogens is 2. The third kappa shape index (κ3) is 3.21. The normalized spacial score (nSPS) is 29.5. The molecule has 2 fully saturated rings. The number of piperidine rings is 1. The second kappa shape index (κ2) is 6.83. The van der Waals surface area contributed by atoms with Crippen molar-refractivity contribution in [2.24, 2.45) is 5.41 Å². The summed E-state index contributed by atoms with van der Waals surface area (Å²) in [5.74, 6) is -0.551. The Balaban J connectivity index is 1.38. The number of hydroxylamine groups is 1. The molecule has 0 radical (unpaired) electrons. The van der Waals surface area contributed by atoms with E-state index >= 15 is 0 Å². The summed E-state index contributed by atoms with van der Waals surface area (Å²) >= 11 is 0. The summed E-state index contributed by atoms with van der Waals surface area (Å²) in [6.45, 7) is 0.300. The number of nitrogens with zero attached hydrogens (tertiary/aromatic N) is 3. The molecule has 0 atom stereocenters. The van der Waals surface area contributed by atoms with Crippen molar-refractivity contribution in [2.75, 3.05) is 19.6 Å². The van der Waals surface area contributed by atoms with Gasteiger partial charge in [0.2, 0.25) is 0 Å². The highest BCUT2D eigenvalue weighted by atomic mass is 19.3. The fourth-order valence-corrected chi connectivity index (χ4v) is 4.88. The molecule has 2 aliphatic heterocycles. The molecule has 0 aromatic carbocycles. The van der Waals surface area contributed by atoms with E-state index in [0.29, 0.717) is 24.7 Å². The van der Waals surface area contributed by atoms with E-state index < -0.39 is 12.5 Å². The number of carbonyl (C=O) groups is 1. The molecule has 3 aliphatic rings. The number of hydrogen-bond acceptors (Lipinski definition) is 5. The SMILES string of the molecule is O=C(NO)c1cnc2c(c1)CCN(C1CC3(CCCN(C(F)F)C3)C1)C2. The molecule has 1 amide bonds. The summed E-state index contributed by atoms with van der Waals surface area (Å²) in [5, 5.41) is 8.73. The first-order valence-electron chi connectivity index (χ1n) is 9.18. The molecule has 4 rings (SSSR count). The van der Waals surface area contributed by atoms with Crippen molar-refractivity contribution in [3.63, 3.8) is 0 Å². The quantitative estimate of drug-likeness (QED) is 0.487. The molecule has 142 valence electrons. The monoisotopic (exact) mass is 366 g/mol. The maximum atomic E-state index is 13.0. The van der Waals surface area contributed by atoms with Gasteiger partial charge < -0.3 is 0 Å². The van der Waals surface area contributed by atoms with Crippen molar-refractivity contribution in [1.29, 1.82) is 0 Å². The number of carbonyl (C=O) groups excluding carboxylic acids is 1. The highest BCUT2D eigenvalue weighted by Crippen LogP contribution is 2.50. The van der Waals surface area contributed by atoms with Crippen LogP contribution in [0.2, 0.25) is 0 Å². The molecule has 1 saturated heterocycles. The highest BCUT2D eigenvalue weighted by Gasteiger charge is 2.49. The predicted molar refractivity (Wildman–Crippen MR) is 89.9 cm³/mol. The molecule has 8 heteroatoms. The summed E-state index contributed by atoms with van der Waals surface area (Å²) < 4.78 is 26.0. The van der Waals surface area contributed by atoms with Crippen LogP contribution in [0.5, 0.6) is 0 Å². The zero-order valence-corrected chi connectivity index (χ0v) is 14.6. The molecule has 0 bridgehead atoms. The van der Waals surface area contributed by atoms with E-state index in [1.54, 1.807) is 11.5 Å². The maximum Gasteiger partial charge on any atom is 0.294 e. The maximum absolute atomic E-state index is 13.0. The fraction of sp³-hybridized carbons (Fsp3) is 0.667. The van der Waals surface area contributed by atoms with Gasteiger partial charge in [-0.05, 0) is 49.1 Å². The number of alkyl halides is 2. The minimum atomic E-state index is -2.34. The van der Waals surface area contributed by atoms with Crippen molar-refractivity contribution < 1.29 is 18.8 Å². The number of likely N-dealkylation sites (tertiary alicyclic amines) is 1. The minimum absolute atomic E-state index is 0.0656. The average Bonchev–Trinajstić information content (AvgIpc) is 2.64. The molecule has 1 saturated carbocycles. The fourth-order valence-electron chi connectivity index (χ4n) is 4.88. The first kappa shape index (κ1) is 17.8. The van der Waals surface area contributed by atoms with Gasteiger partial charge in [-0.2, -0.15) is 8.78 Å². The van der Waals surface area contributed by atoms with Crippen LogP contribution in [0.15, 0.2) is 12.3 Å². The third-order valence-electron chi connectivity index (χ3n) is 6.27. The lowest BCUT2D eigenvalue weighted by molar-refractivity contribution is -0.114. The second-order valence-electron chi connectivity index (χ2n) is 7.90. The van der Waals surface area contributed by atoms with Crippen LogP contribution in [0.25, 0.3) is 0 Å². The largest absolute Gasteiger partial charge is 0.294 e. The van der Waals surface area contributed by atoms with Gasteiger partial charge in [0.1, 0.15) is 0 Å². The van der Waals surface area contributed by atoms with Crippen LogP contribution >= 0.6 is 0 Å². The van der Waals surface area contributed by atoms with Gasteiger partial charge in [0, 0.05) is 38.4 Å². The van der Waals surface area contributed by atoms with Gasteiger partial charge in [-0.1, -0.05) is 0 Å². The van der Waals surface area contributed by atoms with Crippen molar-refractivity contribution in [3.05, 3.63) is 29.1 Å². The van der Waals surface area contributed by atoms with Crippen molar-refractivity contribution >= 4 is 5.91 Å². The van der Waals surface area contributed by atoms with E-state index in [1.165, 1.54) is 11.1 Å². The first-order valence-corrected chi connectivity index (χ1v) is 9.18. The molecular formula is C18H24F2N4O2. The Labute approximate surface area is 151 Å². The number of fused-ring (bicyclic) bond motifs is 1. The summed E-state index contributed by atoms with van der Waals surface area (Å²) in [6, 6.07) is 2.22. The number of pyridine rings is 1. The highest BCUT2D eigenvalue weighted by molar-refractivity contribution is 5.93. The Morgan fingerprint density at radius 2 is 2.19 bits per heavy atom. The van der Waals surface area contributed by atoms with Gasteiger partial charge in [-0.25, -0.2) is 10.4 Å². The molecule has 26 heavy (non-hydrogen) atoms. The van der Waals surface area contributed by atoms with E-state index in [2.05, 4.69) is 9.88 Å². The molecule has 1 aromatic heterocycles. The number of rotatable bonds is 3. The van der Waals surface area contributed by atoms with E-state index in [4.69, 9.17) is 5.21 Å². The van der Waals surface area contributed by atoms with Gasteiger partial charge in [-0.3, -0.25) is 19.9 Å². The average molecular weight is 366 g/mol. The molecule has 3 heterocycles. The molecular weight excluding hydrogens is 342 g/mol. The molecule has 6 nitrogen and oxygen atoms in total. The molecule has 1 aromatic rings. The van der Waals surface area contributed by atoms with Crippen LogP contribution in [0.3, 0.4) is 0 Å². The Kier molecular flexibility index (Phi) is 4.66. The summed E-state index contributed by atoms with van der Waals surface area (Å²) in [4.78, 5) is 19.6. The number of aromatic nitrogens is 1. The van der Waals surface area contributed by atoms with Gasteiger partial charge in [-0.15, -0.1) is 0 Å². The predicted octanol–water partition coefficient (Wildman–Crippen LogP) is 2.03. The van der Waals surface area contributed by atoms with Crippen LogP contribution in [0.1, 0.15) is 47.3 Å². The smallest absolute Gasteiger partial charge is 0.294 e. The second-order valence-corrected chi connectivity index (χ2v) is 7.90. The Morgan fingerprint density at radius 3 is 2.92 bits per heavy atom. The summed E-state index contributed by atoms with van der Waals surface area (Å²) in [6.07, 6.45) is 6.17. The third-order valence-corrected chi connectivity index (χ3v) is 6.27. The van der Waals surface area contributed by atoms with Crippen molar-refractivity contribution in [1.82, 2.24) is 20.3 Å². The van der Waals surface area contributed by atoms with E-state index in [1.807, 2.05) is 0 Å². The molecule has 0 unspecified atom stereocenters. The van der Waals surface area contributed by atoms with Crippen LogP contribution < -0.4 is 5.48 Å². The number of nitrogens with one attached hydrogen (secondary N) is 1. The molecule has 1 aliphatic carbocycles. The summed E-state index contributed by atoms with van der Waals surface area (Å²) in [7, 11) is 0. The van der Waals surface area contributed by atoms with Gasteiger partial charge in [0.15, 0.2) is 0 Å².